The van der Waals surface area contributed by atoms with Crippen molar-refractivity contribution in [2.75, 3.05) is 11.5 Å². The van der Waals surface area contributed by atoms with Crippen LogP contribution >= 0.6 is 23.1 Å². The molecule has 3 nitrogen and oxygen atoms in total. The van der Waals surface area contributed by atoms with Gasteiger partial charge in [0.15, 0.2) is 5.58 Å². The molecule has 0 spiro atoms. The van der Waals surface area contributed by atoms with Crippen molar-refractivity contribution in [1.82, 2.24) is 4.98 Å². The van der Waals surface area contributed by atoms with Crippen molar-refractivity contribution in [3.8, 4) is 0 Å². The molecule has 0 radical (unpaired) electrons. The molecule has 5 heteroatoms. The number of rotatable bonds is 4. The van der Waals surface area contributed by atoms with E-state index in [0.717, 1.165) is 23.3 Å². The zero-order valence-electron chi connectivity index (χ0n) is 9.63. The molecule has 0 aliphatic heterocycles. The normalized spacial score (nSPS) is 11.1. The number of thioether (sulfide) groups is 1. The molecule has 92 valence electrons. The van der Waals surface area contributed by atoms with Crippen molar-refractivity contribution >= 4 is 39.9 Å². The quantitative estimate of drug-likeness (QED) is 0.581. The highest BCUT2D eigenvalue weighted by molar-refractivity contribution is 7.99. The summed E-state index contributed by atoms with van der Waals surface area (Å²) in [5, 5.41) is 2.81. The minimum absolute atomic E-state index is 0.714. The fraction of sp³-hybridized carbons (Fsp3) is 0.154. The second-order valence-electron chi connectivity index (χ2n) is 3.88. The first-order chi connectivity index (χ1) is 8.81. The third kappa shape index (κ3) is 2.52. The zero-order valence-corrected chi connectivity index (χ0v) is 11.3. The van der Waals surface area contributed by atoms with Crippen molar-refractivity contribution < 1.29 is 4.42 Å². The van der Waals surface area contributed by atoms with E-state index < -0.39 is 0 Å². The monoisotopic (exact) mass is 276 g/mol. The molecular weight excluding hydrogens is 264 g/mol. The molecular formula is C13H12N2OS2. The van der Waals surface area contributed by atoms with Crippen LogP contribution in [0.5, 0.6) is 0 Å². The Morgan fingerprint density at radius 1 is 1.33 bits per heavy atom. The summed E-state index contributed by atoms with van der Waals surface area (Å²) in [4.78, 5) is 5.80. The number of aromatic nitrogens is 1. The molecule has 0 fully saturated rings. The Hall–Kier alpha value is -1.46. The summed E-state index contributed by atoms with van der Waals surface area (Å²) in [7, 11) is 0. The Balaban J connectivity index is 1.67. The van der Waals surface area contributed by atoms with Crippen LogP contribution in [0, 0.1) is 0 Å². The van der Waals surface area contributed by atoms with Gasteiger partial charge in [-0.05, 0) is 36.1 Å². The summed E-state index contributed by atoms with van der Waals surface area (Å²) in [6, 6.07) is 9.75. The van der Waals surface area contributed by atoms with Crippen molar-refractivity contribution in [1.29, 1.82) is 0 Å². The average molecular weight is 276 g/mol. The van der Waals surface area contributed by atoms with E-state index in [9.17, 15) is 0 Å². The summed E-state index contributed by atoms with van der Waals surface area (Å²) in [5.74, 6) is 0.975. The lowest BCUT2D eigenvalue weighted by molar-refractivity contribution is 0.489. The van der Waals surface area contributed by atoms with E-state index >= 15 is 0 Å². The van der Waals surface area contributed by atoms with Gasteiger partial charge in [-0.3, -0.25) is 0 Å². The molecule has 2 N–H and O–H groups in total. The van der Waals surface area contributed by atoms with E-state index in [0.29, 0.717) is 10.9 Å². The molecule has 2 aromatic heterocycles. The van der Waals surface area contributed by atoms with Crippen LogP contribution in [0.15, 0.2) is 45.4 Å². The smallest absolute Gasteiger partial charge is 0.256 e. The topological polar surface area (TPSA) is 52.0 Å². The lowest BCUT2D eigenvalue weighted by atomic mass is 10.3. The van der Waals surface area contributed by atoms with Crippen molar-refractivity contribution in [3.05, 3.63) is 40.6 Å². The number of nitrogens with zero attached hydrogens (tertiary/aromatic N) is 1. The van der Waals surface area contributed by atoms with E-state index in [1.165, 1.54) is 4.88 Å². The molecule has 1 aromatic carbocycles. The van der Waals surface area contributed by atoms with Crippen molar-refractivity contribution in [2.24, 2.45) is 0 Å². The summed E-state index contributed by atoms with van der Waals surface area (Å²) >= 11 is 3.42. The maximum atomic E-state index is 5.71. The van der Waals surface area contributed by atoms with Gasteiger partial charge in [0, 0.05) is 16.3 Å². The molecule has 3 rings (SSSR count). The Kier molecular flexibility index (Phi) is 3.25. The van der Waals surface area contributed by atoms with Gasteiger partial charge in [0.1, 0.15) is 5.52 Å². The van der Waals surface area contributed by atoms with E-state index in [2.05, 4.69) is 22.5 Å². The van der Waals surface area contributed by atoms with Gasteiger partial charge >= 0.3 is 0 Å². The van der Waals surface area contributed by atoms with Gasteiger partial charge in [-0.25, -0.2) is 4.98 Å². The number of hydrogen-bond donors (Lipinski definition) is 1. The summed E-state index contributed by atoms with van der Waals surface area (Å²) in [5.41, 5.74) is 8.05. The number of anilines is 1. The maximum absolute atomic E-state index is 5.71. The summed E-state index contributed by atoms with van der Waals surface area (Å²) in [6.07, 6.45) is 1.04. The maximum Gasteiger partial charge on any atom is 0.256 e. The van der Waals surface area contributed by atoms with Gasteiger partial charge < -0.3 is 10.2 Å². The van der Waals surface area contributed by atoms with E-state index in [-0.39, 0.29) is 0 Å². The molecule has 3 aromatic rings. The number of nitrogens with two attached hydrogens (primary N) is 1. The summed E-state index contributed by atoms with van der Waals surface area (Å²) in [6.45, 7) is 0. The molecule has 2 heterocycles. The highest BCUT2D eigenvalue weighted by Gasteiger charge is 2.06. The summed E-state index contributed by atoms with van der Waals surface area (Å²) < 4.78 is 5.64. The van der Waals surface area contributed by atoms with Crippen LogP contribution in [-0.2, 0) is 6.42 Å². The molecule has 0 saturated heterocycles. The van der Waals surface area contributed by atoms with Gasteiger partial charge in [0.25, 0.3) is 5.22 Å². The Morgan fingerprint density at radius 2 is 2.28 bits per heavy atom. The number of oxazole rings is 1. The standard InChI is InChI=1S/C13H12N2OS2/c14-9-3-4-12-11(8-9)15-13(16-12)18-7-5-10-2-1-6-17-10/h1-4,6,8H,5,7,14H2. The molecule has 0 bridgehead atoms. The van der Waals surface area contributed by atoms with E-state index in [4.69, 9.17) is 10.2 Å². The van der Waals surface area contributed by atoms with Crippen LogP contribution in [0.25, 0.3) is 11.1 Å². The Bertz CT molecular complexity index is 646. The SMILES string of the molecule is Nc1ccc2oc(SCCc3cccs3)nc2c1. The van der Waals surface area contributed by atoms with Crippen LogP contribution in [-0.4, -0.2) is 10.7 Å². The van der Waals surface area contributed by atoms with E-state index in [1.807, 2.05) is 18.2 Å². The van der Waals surface area contributed by atoms with Gasteiger partial charge in [-0.2, -0.15) is 0 Å². The average Bonchev–Trinajstić information content (AvgIpc) is 2.97. The minimum atomic E-state index is 0.714. The first-order valence-corrected chi connectivity index (χ1v) is 7.49. The number of thiophene rings is 1. The number of fused-ring (bicyclic) bond motifs is 1. The van der Waals surface area contributed by atoms with Crippen LogP contribution < -0.4 is 5.73 Å². The number of aryl methyl sites for hydroxylation is 1. The van der Waals surface area contributed by atoms with Gasteiger partial charge in [-0.15, -0.1) is 11.3 Å². The molecule has 0 unspecified atom stereocenters. The predicted molar refractivity (Wildman–Crippen MR) is 77.2 cm³/mol. The number of hydrogen-bond acceptors (Lipinski definition) is 5. The fourth-order valence-corrected chi connectivity index (χ4v) is 3.33. The fourth-order valence-electron chi connectivity index (χ4n) is 1.68. The highest BCUT2D eigenvalue weighted by atomic mass is 32.2. The zero-order chi connectivity index (χ0) is 12.4. The number of nitrogen functional groups attached to an aromatic ring is 1. The first kappa shape index (κ1) is 11.6. The van der Waals surface area contributed by atoms with E-state index in [1.54, 1.807) is 23.1 Å². The minimum Gasteiger partial charge on any atom is -0.431 e. The molecule has 0 amide bonds. The van der Waals surface area contributed by atoms with Crippen LogP contribution in [0.3, 0.4) is 0 Å². The van der Waals surface area contributed by atoms with Crippen molar-refractivity contribution in [3.63, 3.8) is 0 Å². The van der Waals surface area contributed by atoms with Crippen LogP contribution in [0.1, 0.15) is 4.88 Å². The third-order valence-corrected chi connectivity index (χ3v) is 4.31. The lowest BCUT2D eigenvalue weighted by Gasteiger charge is -1.94. The van der Waals surface area contributed by atoms with Crippen molar-refractivity contribution in [2.45, 2.75) is 11.6 Å². The third-order valence-electron chi connectivity index (χ3n) is 2.55. The molecule has 18 heavy (non-hydrogen) atoms. The molecule has 0 aliphatic carbocycles. The second kappa shape index (κ2) is 5.04. The lowest BCUT2D eigenvalue weighted by Crippen LogP contribution is -1.84. The highest BCUT2D eigenvalue weighted by Crippen LogP contribution is 2.25. The Labute approximate surface area is 113 Å². The number of benzene rings is 1. The predicted octanol–water partition coefficient (Wildman–Crippen LogP) is 3.81. The second-order valence-corrected chi connectivity index (χ2v) is 5.96. The first-order valence-electron chi connectivity index (χ1n) is 5.62. The largest absolute Gasteiger partial charge is 0.431 e. The molecule has 0 aliphatic rings. The van der Waals surface area contributed by atoms with Crippen LogP contribution in [0.2, 0.25) is 0 Å². The Morgan fingerprint density at radius 3 is 3.11 bits per heavy atom. The molecule has 0 saturated carbocycles. The van der Waals surface area contributed by atoms with Gasteiger partial charge in [-0.1, -0.05) is 17.8 Å². The van der Waals surface area contributed by atoms with Gasteiger partial charge in [0.2, 0.25) is 0 Å². The van der Waals surface area contributed by atoms with Gasteiger partial charge in [0.05, 0.1) is 0 Å². The molecule has 0 atom stereocenters. The van der Waals surface area contributed by atoms with Crippen LogP contribution in [0.4, 0.5) is 5.69 Å².